The molecular formula is C10H19N5OS. The minimum Gasteiger partial charge on any atom is -0.382 e. The SMILES string of the molecule is CCN(CC)CCNc1snc(N)c1C(N)=O. The Morgan fingerprint density at radius 1 is 1.47 bits per heavy atom. The van der Waals surface area contributed by atoms with Crippen molar-refractivity contribution in [3.8, 4) is 0 Å². The van der Waals surface area contributed by atoms with Crippen LogP contribution in [-0.2, 0) is 0 Å². The molecule has 6 nitrogen and oxygen atoms in total. The molecule has 17 heavy (non-hydrogen) atoms. The molecule has 1 aromatic rings. The molecule has 0 aliphatic carbocycles. The van der Waals surface area contributed by atoms with Crippen LogP contribution >= 0.6 is 11.5 Å². The third-order valence-electron chi connectivity index (χ3n) is 2.57. The summed E-state index contributed by atoms with van der Waals surface area (Å²) >= 11 is 1.17. The molecule has 0 fully saturated rings. The van der Waals surface area contributed by atoms with Crippen LogP contribution in [0.1, 0.15) is 24.2 Å². The molecule has 1 heterocycles. The van der Waals surface area contributed by atoms with Gasteiger partial charge in [0.15, 0.2) is 5.82 Å². The molecule has 1 amide bonds. The molecule has 0 unspecified atom stereocenters. The summed E-state index contributed by atoms with van der Waals surface area (Å²) in [6.07, 6.45) is 0. The van der Waals surface area contributed by atoms with E-state index in [0.29, 0.717) is 10.6 Å². The van der Waals surface area contributed by atoms with Crippen LogP contribution in [0.2, 0.25) is 0 Å². The van der Waals surface area contributed by atoms with Crippen LogP contribution in [0.25, 0.3) is 0 Å². The van der Waals surface area contributed by atoms with E-state index in [1.165, 1.54) is 11.5 Å². The van der Waals surface area contributed by atoms with E-state index >= 15 is 0 Å². The number of hydrogen-bond acceptors (Lipinski definition) is 6. The van der Waals surface area contributed by atoms with Gasteiger partial charge in [-0.3, -0.25) is 4.79 Å². The minimum absolute atomic E-state index is 0.202. The van der Waals surface area contributed by atoms with Crippen LogP contribution in [0.4, 0.5) is 10.8 Å². The van der Waals surface area contributed by atoms with Gasteiger partial charge in [0, 0.05) is 13.1 Å². The second kappa shape index (κ2) is 6.41. The summed E-state index contributed by atoms with van der Waals surface area (Å²) in [5, 5.41) is 3.80. The lowest BCUT2D eigenvalue weighted by molar-refractivity contribution is 0.100. The number of hydrogen-bond donors (Lipinski definition) is 3. The number of nitrogens with zero attached hydrogens (tertiary/aromatic N) is 2. The molecule has 1 aromatic heterocycles. The van der Waals surface area contributed by atoms with Crippen molar-refractivity contribution in [1.82, 2.24) is 9.27 Å². The zero-order valence-corrected chi connectivity index (χ0v) is 11.0. The van der Waals surface area contributed by atoms with Crippen LogP contribution in [0.5, 0.6) is 0 Å². The van der Waals surface area contributed by atoms with Crippen LogP contribution in [0, 0.1) is 0 Å². The highest BCUT2D eigenvalue weighted by Crippen LogP contribution is 2.25. The van der Waals surface area contributed by atoms with Crippen molar-refractivity contribution in [1.29, 1.82) is 0 Å². The number of nitrogens with one attached hydrogen (secondary N) is 1. The first-order chi connectivity index (χ1) is 8.10. The third-order valence-corrected chi connectivity index (χ3v) is 3.39. The number of amides is 1. The van der Waals surface area contributed by atoms with Crippen molar-refractivity contribution >= 4 is 28.3 Å². The Kier molecular flexibility index (Phi) is 5.17. The van der Waals surface area contributed by atoms with Gasteiger partial charge in [0.05, 0.1) is 0 Å². The summed E-state index contributed by atoms with van der Waals surface area (Å²) < 4.78 is 3.92. The zero-order valence-electron chi connectivity index (χ0n) is 10.2. The van der Waals surface area contributed by atoms with Crippen LogP contribution < -0.4 is 16.8 Å². The molecule has 5 N–H and O–H groups in total. The number of carbonyl (C=O) groups excluding carboxylic acids is 1. The van der Waals surface area contributed by atoms with Crippen molar-refractivity contribution < 1.29 is 4.79 Å². The van der Waals surface area contributed by atoms with Gasteiger partial charge in [0.25, 0.3) is 5.91 Å². The highest BCUT2D eigenvalue weighted by atomic mass is 32.1. The van der Waals surface area contributed by atoms with Crippen molar-refractivity contribution in [3.05, 3.63) is 5.56 Å². The third kappa shape index (κ3) is 3.57. The second-order valence-corrected chi connectivity index (χ2v) is 4.36. The van der Waals surface area contributed by atoms with Crippen LogP contribution in [0.3, 0.4) is 0 Å². The molecule has 0 saturated carbocycles. The summed E-state index contributed by atoms with van der Waals surface area (Å²) in [5.41, 5.74) is 11.1. The lowest BCUT2D eigenvalue weighted by Crippen LogP contribution is -2.28. The topological polar surface area (TPSA) is 97.3 Å². The van der Waals surface area contributed by atoms with Gasteiger partial charge in [0.1, 0.15) is 10.6 Å². The maximum Gasteiger partial charge on any atom is 0.255 e. The molecule has 96 valence electrons. The predicted octanol–water partition coefficient (Wildman–Crippen LogP) is 0.578. The molecular weight excluding hydrogens is 238 g/mol. The smallest absolute Gasteiger partial charge is 0.255 e. The minimum atomic E-state index is -0.540. The van der Waals surface area contributed by atoms with Crippen molar-refractivity contribution in [2.75, 3.05) is 37.2 Å². The number of nitrogens with two attached hydrogens (primary N) is 2. The average Bonchev–Trinajstić information content (AvgIpc) is 2.66. The summed E-state index contributed by atoms with van der Waals surface area (Å²) in [5.74, 6) is -0.338. The summed E-state index contributed by atoms with van der Waals surface area (Å²) in [4.78, 5) is 13.5. The van der Waals surface area contributed by atoms with E-state index in [2.05, 4.69) is 28.4 Å². The number of nitrogen functional groups attached to an aromatic ring is 1. The fourth-order valence-corrected chi connectivity index (χ4v) is 2.27. The Labute approximate surface area is 105 Å². The number of primary amides is 1. The Balaban J connectivity index is 2.55. The molecule has 0 atom stereocenters. The largest absolute Gasteiger partial charge is 0.382 e. The summed E-state index contributed by atoms with van der Waals surface area (Å²) in [6.45, 7) is 7.88. The van der Waals surface area contributed by atoms with E-state index in [-0.39, 0.29) is 5.82 Å². The van der Waals surface area contributed by atoms with E-state index in [0.717, 1.165) is 26.2 Å². The number of rotatable bonds is 7. The van der Waals surface area contributed by atoms with E-state index in [4.69, 9.17) is 11.5 Å². The lowest BCUT2D eigenvalue weighted by Gasteiger charge is -2.18. The molecule has 1 rings (SSSR count). The number of anilines is 2. The number of likely N-dealkylation sites (N-methyl/N-ethyl adjacent to an activating group) is 1. The standard InChI is InChI=1S/C10H19N5OS/c1-3-15(4-2)6-5-13-10-7(9(12)16)8(11)14-17-10/h13H,3-6H2,1-2H3,(H2,11,14)(H2,12,16). The Morgan fingerprint density at radius 3 is 2.65 bits per heavy atom. The quantitative estimate of drug-likeness (QED) is 0.664. The Hall–Kier alpha value is -1.34. The first kappa shape index (κ1) is 13.7. The fraction of sp³-hybridized carbons (Fsp3) is 0.600. The van der Waals surface area contributed by atoms with Gasteiger partial charge >= 0.3 is 0 Å². The highest BCUT2D eigenvalue weighted by Gasteiger charge is 2.16. The maximum absolute atomic E-state index is 11.2. The van der Waals surface area contributed by atoms with Gasteiger partial charge in [-0.1, -0.05) is 13.8 Å². The first-order valence-corrected chi connectivity index (χ1v) is 6.38. The van der Waals surface area contributed by atoms with Crippen molar-refractivity contribution in [3.63, 3.8) is 0 Å². The summed E-state index contributed by atoms with van der Waals surface area (Å²) in [6, 6.07) is 0. The maximum atomic E-state index is 11.2. The van der Waals surface area contributed by atoms with E-state index in [9.17, 15) is 4.79 Å². The Morgan fingerprint density at radius 2 is 2.12 bits per heavy atom. The Bertz CT molecular complexity index is 375. The van der Waals surface area contributed by atoms with Crippen LogP contribution in [-0.4, -0.2) is 41.4 Å². The number of carbonyl (C=O) groups is 1. The monoisotopic (exact) mass is 257 g/mol. The van der Waals surface area contributed by atoms with Crippen LogP contribution in [0.15, 0.2) is 0 Å². The first-order valence-electron chi connectivity index (χ1n) is 5.61. The van der Waals surface area contributed by atoms with Gasteiger partial charge in [-0.25, -0.2) is 0 Å². The molecule has 0 saturated heterocycles. The number of aromatic nitrogens is 1. The lowest BCUT2D eigenvalue weighted by atomic mass is 10.3. The zero-order chi connectivity index (χ0) is 12.8. The van der Waals surface area contributed by atoms with Crippen molar-refractivity contribution in [2.45, 2.75) is 13.8 Å². The normalized spacial score (nSPS) is 10.8. The predicted molar refractivity (Wildman–Crippen MR) is 71.3 cm³/mol. The molecule has 0 radical (unpaired) electrons. The second-order valence-electron chi connectivity index (χ2n) is 3.59. The van der Waals surface area contributed by atoms with Crippen molar-refractivity contribution in [2.24, 2.45) is 5.73 Å². The molecule has 0 bridgehead atoms. The van der Waals surface area contributed by atoms with E-state index < -0.39 is 5.91 Å². The summed E-state index contributed by atoms with van der Waals surface area (Å²) in [7, 11) is 0. The average molecular weight is 257 g/mol. The van der Waals surface area contributed by atoms with Gasteiger partial charge < -0.3 is 21.7 Å². The molecule has 0 aromatic carbocycles. The highest BCUT2D eigenvalue weighted by molar-refractivity contribution is 7.11. The van der Waals surface area contributed by atoms with E-state index in [1.807, 2.05) is 0 Å². The van der Waals surface area contributed by atoms with Gasteiger partial charge in [-0.2, -0.15) is 4.37 Å². The van der Waals surface area contributed by atoms with Gasteiger partial charge in [-0.15, -0.1) is 0 Å². The van der Waals surface area contributed by atoms with E-state index in [1.54, 1.807) is 0 Å². The van der Waals surface area contributed by atoms with Gasteiger partial charge in [-0.05, 0) is 24.6 Å². The molecule has 0 spiro atoms. The van der Waals surface area contributed by atoms with Gasteiger partial charge in [0.2, 0.25) is 0 Å². The fourth-order valence-electron chi connectivity index (χ4n) is 1.53. The molecule has 0 aliphatic rings. The molecule has 7 heteroatoms. The molecule has 0 aliphatic heterocycles.